The number of hydrogen-bond donors (Lipinski definition) is 0. The zero-order valence-corrected chi connectivity index (χ0v) is 17.8. The van der Waals surface area contributed by atoms with Gasteiger partial charge in [-0.1, -0.05) is 34.1 Å². The van der Waals surface area contributed by atoms with Gasteiger partial charge >= 0.3 is 0 Å². The van der Waals surface area contributed by atoms with Crippen LogP contribution in [0.15, 0.2) is 46.9 Å². The minimum absolute atomic E-state index is 0.140. The summed E-state index contributed by atoms with van der Waals surface area (Å²) < 4.78 is 6.54. The van der Waals surface area contributed by atoms with Crippen molar-refractivity contribution in [1.29, 1.82) is 0 Å². The number of Topliss-reactive ketones (excluding diaryl/α,β-unsaturated/α-hetero) is 1. The van der Waals surface area contributed by atoms with Gasteiger partial charge in [-0.3, -0.25) is 4.79 Å². The number of halogens is 1. The summed E-state index contributed by atoms with van der Waals surface area (Å²) in [5, 5.41) is 0. The molecule has 3 nitrogen and oxygen atoms in total. The molecule has 4 heteroatoms. The van der Waals surface area contributed by atoms with Gasteiger partial charge in [0.05, 0.1) is 7.11 Å². The molecule has 0 bridgehead atoms. The van der Waals surface area contributed by atoms with Crippen molar-refractivity contribution in [3.8, 4) is 5.75 Å². The molecule has 1 aliphatic heterocycles. The van der Waals surface area contributed by atoms with Crippen LogP contribution < -0.4 is 4.74 Å². The lowest BCUT2D eigenvalue weighted by molar-refractivity contribution is 0.101. The first-order valence-electron chi connectivity index (χ1n) is 9.70. The van der Waals surface area contributed by atoms with Gasteiger partial charge in [-0.15, -0.1) is 0 Å². The van der Waals surface area contributed by atoms with Crippen molar-refractivity contribution in [2.75, 3.05) is 26.7 Å². The maximum Gasteiger partial charge on any atom is 0.159 e. The van der Waals surface area contributed by atoms with Gasteiger partial charge in [0.25, 0.3) is 0 Å². The molecule has 27 heavy (non-hydrogen) atoms. The highest BCUT2D eigenvalue weighted by molar-refractivity contribution is 9.10. The highest BCUT2D eigenvalue weighted by Gasteiger charge is 2.20. The number of ether oxygens (including phenoxy) is 1. The van der Waals surface area contributed by atoms with Crippen molar-refractivity contribution in [2.45, 2.75) is 32.6 Å². The topological polar surface area (TPSA) is 29.5 Å². The van der Waals surface area contributed by atoms with Crippen LogP contribution in [-0.2, 0) is 12.8 Å². The number of carbonyl (C=O) groups is 1. The van der Waals surface area contributed by atoms with Crippen molar-refractivity contribution in [3.63, 3.8) is 0 Å². The van der Waals surface area contributed by atoms with Gasteiger partial charge < -0.3 is 9.64 Å². The van der Waals surface area contributed by atoms with E-state index in [-0.39, 0.29) is 5.78 Å². The molecule has 0 amide bonds. The molecule has 0 N–H and O–H groups in total. The molecule has 0 aliphatic carbocycles. The fourth-order valence-corrected chi connectivity index (χ4v) is 4.20. The molecule has 144 valence electrons. The van der Waals surface area contributed by atoms with Crippen molar-refractivity contribution >= 4 is 21.7 Å². The van der Waals surface area contributed by atoms with Gasteiger partial charge in [-0.2, -0.15) is 0 Å². The molecule has 1 saturated heterocycles. The van der Waals surface area contributed by atoms with E-state index in [0.717, 1.165) is 49.7 Å². The lowest BCUT2D eigenvalue weighted by Crippen LogP contribution is -2.35. The summed E-state index contributed by atoms with van der Waals surface area (Å²) in [6, 6.07) is 14.3. The molecule has 0 saturated carbocycles. The zero-order chi connectivity index (χ0) is 19.2. The number of carbonyl (C=O) groups excluding carboxylic acids is 1. The van der Waals surface area contributed by atoms with E-state index in [0.29, 0.717) is 0 Å². The minimum Gasteiger partial charge on any atom is -0.497 e. The van der Waals surface area contributed by atoms with Gasteiger partial charge in [-0.05, 0) is 87.0 Å². The van der Waals surface area contributed by atoms with Crippen LogP contribution in [0.1, 0.15) is 41.3 Å². The lowest BCUT2D eigenvalue weighted by Gasteiger charge is -2.32. The Labute approximate surface area is 170 Å². The Morgan fingerprint density at radius 2 is 1.96 bits per heavy atom. The van der Waals surface area contributed by atoms with E-state index in [1.54, 1.807) is 14.0 Å². The fraction of sp³-hybridized carbons (Fsp3) is 0.435. The van der Waals surface area contributed by atoms with Crippen molar-refractivity contribution < 1.29 is 9.53 Å². The first-order chi connectivity index (χ1) is 13.0. The molecular weight excluding hydrogens is 402 g/mol. The van der Waals surface area contributed by atoms with Crippen LogP contribution in [-0.4, -0.2) is 37.4 Å². The standard InChI is InChI=1S/C23H28BrNO2/c1-17(26)20-5-3-4-18(14-20)8-11-25-12-9-19(10-13-25)15-21-16-22(27-2)6-7-23(21)24/h3-7,14,16,19H,8-13,15H2,1-2H3. The molecule has 3 rings (SSSR count). The Morgan fingerprint density at radius 1 is 1.19 bits per heavy atom. The van der Waals surface area contributed by atoms with E-state index in [1.807, 2.05) is 24.3 Å². The van der Waals surface area contributed by atoms with E-state index in [1.165, 1.54) is 28.4 Å². The van der Waals surface area contributed by atoms with Crippen LogP contribution in [0.4, 0.5) is 0 Å². The van der Waals surface area contributed by atoms with Crippen LogP contribution in [0.5, 0.6) is 5.75 Å². The van der Waals surface area contributed by atoms with E-state index in [9.17, 15) is 4.79 Å². The number of methoxy groups -OCH3 is 1. The fourth-order valence-electron chi connectivity index (χ4n) is 3.79. The van der Waals surface area contributed by atoms with Crippen LogP contribution >= 0.6 is 15.9 Å². The number of nitrogens with zero attached hydrogens (tertiary/aromatic N) is 1. The summed E-state index contributed by atoms with van der Waals surface area (Å²) in [5.41, 5.74) is 3.41. The number of rotatable bonds is 7. The average Bonchev–Trinajstić information content (AvgIpc) is 2.69. The number of hydrogen-bond acceptors (Lipinski definition) is 3. The van der Waals surface area contributed by atoms with Crippen molar-refractivity contribution in [2.24, 2.45) is 5.92 Å². The predicted octanol–water partition coefficient (Wildman–Crippen LogP) is 5.16. The van der Waals surface area contributed by atoms with Crippen LogP contribution in [0, 0.1) is 5.92 Å². The Balaban J connectivity index is 1.48. The molecule has 0 unspecified atom stereocenters. The van der Waals surface area contributed by atoms with Crippen molar-refractivity contribution in [3.05, 3.63) is 63.6 Å². The van der Waals surface area contributed by atoms with E-state index < -0.39 is 0 Å². The molecule has 2 aromatic carbocycles. The molecule has 2 aromatic rings. The highest BCUT2D eigenvalue weighted by atomic mass is 79.9. The van der Waals surface area contributed by atoms with E-state index >= 15 is 0 Å². The quantitative estimate of drug-likeness (QED) is 0.569. The molecule has 0 atom stereocenters. The Kier molecular flexibility index (Phi) is 7.08. The molecule has 0 radical (unpaired) electrons. The van der Waals surface area contributed by atoms with Crippen LogP contribution in [0.2, 0.25) is 0 Å². The molecule has 0 aromatic heterocycles. The number of likely N-dealkylation sites (tertiary alicyclic amines) is 1. The lowest BCUT2D eigenvalue weighted by atomic mass is 9.90. The molecule has 1 aliphatic rings. The largest absolute Gasteiger partial charge is 0.497 e. The van der Waals surface area contributed by atoms with Gasteiger partial charge in [0, 0.05) is 16.6 Å². The second kappa shape index (κ2) is 9.52. The monoisotopic (exact) mass is 429 g/mol. The Hall–Kier alpha value is -1.65. The number of ketones is 1. The maximum atomic E-state index is 11.5. The number of benzene rings is 2. The Bertz CT molecular complexity index is 782. The normalized spacial score (nSPS) is 15.7. The molecule has 0 spiro atoms. The minimum atomic E-state index is 0.140. The second-order valence-electron chi connectivity index (χ2n) is 7.45. The summed E-state index contributed by atoms with van der Waals surface area (Å²) in [6.07, 6.45) is 4.58. The number of piperidine rings is 1. The molecular formula is C23H28BrNO2. The zero-order valence-electron chi connectivity index (χ0n) is 16.2. The van der Waals surface area contributed by atoms with Gasteiger partial charge in [0.2, 0.25) is 0 Å². The van der Waals surface area contributed by atoms with Gasteiger partial charge in [-0.25, -0.2) is 0 Å². The summed E-state index contributed by atoms with van der Waals surface area (Å²) in [5.74, 6) is 1.80. The highest BCUT2D eigenvalue weighted by Crippen LogP contribution is 2.28. The Morgan fingerprint density at radius 3 is 2.67 bits per heavy atom. The average molecular weight is 430 g/mol. The third-order valence-electron chi connectivity index (χ3n) is 5.52. The third kappa shape index (κ3) is 5.66. The maximum absolute atomic E-state index is 11.5. The SMILES string of the molecule is COc1ccc(Br)c(CC2CCN(CCc3cccc(C(C)=O)c3)CC2)c1. The van der Waals surface area contributed by atoms with E-state index in [4.69, 9.17) is 4.74 Å². The van der Waals surface area contributed by atoms with Gasteiger partial charge in [0.15, 0.2) is 5.78 Å². The summed E-state index contributed by atoms with van der Waals surface area (Å²) in [7, 11) is 1.72. The van der Waals surface area contributed by atoms with E-state index in [2.05, 4.69) is 39.0 Å². The van der Waals surface area contributed by atoms with Crippen LogP contribution in [0.25, 0.3) is 0 Å². The summed E-state index contributed by atoms with van der Waals surface area (Å²) in [6.45, 7) is 5.00. The second-order valence-corrected chi connectivity index (χ2v) is 8.31. The first-order valence-corrected chi connectivity index (χ1v) is 10.5. The summed E-state index contributed by atoms with van der Waals surface area (Å²) in [4.78, 5) is 14.1. The van der Waals surface area contributed by atoms with Crippen molar-refractivity contribution in [1.82, 2.24) is 4.90 Å². The van der Waals surface area contributed by atoms with Gasteiger partial charge in [0.1, 0.15) is 5.75 Å². The summed E-state index contributed by atoms with van der Waals surface area (Å²) >= 11 is 3.68. The first kappa shape index (κ1) is 20.1. The predicted molar refractivity (Wildman–Crippen MR) is 114 cm³/mol. The molecule has 1 heterocycles. The smallest absolute Gasteiger partial charge is 0.159 e. The third-order valence-corrected chi connectivity index (χ3v) is 6.29. The molecule has 1 fully saturated rings. The van der Waals surface area contributed by atoms with Crippen LogP contribution in [0.3, 0.4) is 0 Å².